The van der Waals surface area contributed by atoms with Crippen LogP contribution in [0, 0.1) is 0 Å². The number of hydrogen-bond acceptors (Lipinski definition) is 9. The van der Waals surface area contributed by atoms with Crippen molar-refractivity contribution in [3.8, 4) is 5.75 Å². The Morgan fingerprint density at radius 1 is 1.05 bits per heavy atom. The molecule has 1 heterocycles. The smallest absolute Gasteiger partial charge is 0.266 e. The van der Waals surface area contributed by atoms with Crippen molar-refractivity contribution >= 4 is 37.6 Å². The third kappa shape index (κ3) is 8.66. The van der Waals surface area contributed by atoms with E-state index in [4.69, 9.17) is 19.6 Å². The van der Waals surface area contributed by atoms with Gasteiger partial charge in [-0.25, -0.2) is 18.8 Å². The van der Waals surface area contributed by atoms with E-state index >= 15 is 0 Å². The number of amides is 1. The molecule has 0 bridgehead atoms. The van der Waals surface area contributed by atoms with E-state index in [1.807, 2.05) is 43.3 Å². The van der Waals surface area contributed by atoms with Crippen LogP contribution in [0.25, 0.3) is 0 Å². The first kappa shape index (κ1) is 33.6. The molecule has 3 aromatic carbocycles. The van der Waals surface area contributed by atoms with E-state index in [-0.39, 0.29) is 29.6 Å². The molecule has 0 saturated carbocycles. The van der Waals surface area contributed by atoms with E-state index < -0.39 is 27.4 Å². The molecule has 1 aliphatic heterocycles. The number of carbonyl (C=O) groups is 1. The highest BCUT2D eigenvalue weighted by molar-refractivity contribution is 9.10. The van der Waals surface area contributed by atoms with Crippen molar-refractivity contribution in [2.45, 2.75) is 35.8 Å². The van der Waals surface area contributed by atoms with E-state index in [2.05, 4.69) is 26.8 Å². The van der Waals surface area contributed by atoms with Crippen LogP contribution in [0.1, 0.15) is 36.5 Å². The van der Waals surface area contributed by atoms with Crippen molar-refractivity contribution in [1.29, 1.82) is 0 Å². The van der Waals surface area contributed by atoms with Gasteiger partial charge < -0.3 is 19.5 Å². The highest BCUT2D eigenvalue weighted by atomic mass is 79.9. The zero-order valence-electron chi connectivity index (χ0n) is 24.9. The molecular weight excluding hydrogens is 648 g/mol. The number of hydrazine groups is 1. The minimum absolute atomic E-state index is 0.0365. The first-order valence-corrected chi connectivity index (χ1v) is 16.9. The number of carbonyl (C=O) groups excluding carboxylic acids is 1. The molecule has 2 atom stereocenters. The lowest BCUT2D eigenvalue weighted by Gasteiger charge is -2.30. The average molecular weight is 688 g/mol. The van der Waals surface area contributed by atoms with Crippen LogP contribution in [0.3, 0.4) is 0 Å². The number of nitrogens with zero attached hydrogens (tertiary/aromatic N) is 2. The summed E-state index contributed by atoms with van der Waals surface area (Å²) in [5, 5.41) is 9.03. The third-order valence-corrected chi connectivity index (χ3v) is 9.43. The molecule has 3 N–H and O–H groups in total. The second-order valence-electron chi connectivity index (χ2n) is 10.8. The summed E-state index contributed by atoms with van der Waals surface area (Å²) in [5.41, 5.74) is 5.48. The Morgan fingerprint density at radius 2 is 1.75 bits per heavy atom. The Hall–Kier alpha value is -3.29. The van der Waals surface area contributed by atoms with Crippen LogP contribution in [0.15, 0.2) is 93.2 Å². The Bertz CT molecular complexity index is 1500. The number of sulfone groups is 1. The minimum atomic E-state index is -3.74. The van der Waals surface area contributed by atoms with Crippen molar-refractivity contribution in [2.24, 2.45) is 4.99 Å². The summed E-state index contributed by atoms with van der Waals surface area (Å²) in [4.78, 5) is 21.2. The van der Waals surface area contributed by atoms with E-state index in [9.17, 15) is 13.2 Å². The molecule has 12 heteroatoms. The van der Waals surface area contributed by atoms with Gasteiger partial charge in [-0.2, -0.15) is 0 Å². The van der Waals surface area contributed by atoms with Crippen LogP contribution in [0.4, 0.5) is 0 Å². The van der Waals surface area contributed by atoms with Crippen LogP contribution in [-0.4, -0.2) is 81.9 Å². The molecule has 3 aromatic rings. The Labute approximate surface area is 267 Å². The van der Waals surface area contributed by atoms with Gasteiger partial charge in [-0.05, 0) is 81.2 Å². The number of ether oxygens (including phenoxy) is 2. The Kier molecular flexibility index (Phi) is 11.9. The third-order valence-electron chi connectivity index (χ3n) is 7.17. The number of nitrogens with one attached hydrogen (secondary N) is 2. The lowest BCUT2D eigenvalue weighted by molar-refractivity contribution is -0.130. The molecule has 0 aliphatic carbocycles. The van der Waals surface area contributed by atoms with Crippen molar-refractivity contribution in [3.05, 3.63) is 94.5 Å². The maximum atomic E-state index is 14.1. The fourth-order valence-corrected chi connectivity index (χ4v) is 6.43. The molecule has 44 heavy (non-hydrogen) atoms. The minimum Gasteiger partial charge on any atom is -0.494 e. The maximum absolute atomic E-state index is 14.1. The maximum Gasteiger partial charge on any atom is 0.266 e. The number of aliphatic hydroxyl groups is 1. The van der Waals surface area contributed by atoms with Crippen molar-refractivity contribution < 1.29 is 27.8 Å². The predicted molar refractivity (Wildman–Crippen MR) is 173 cm³/mol. The van der Waals surface area contributed by atoms with Crippen molar-refractivity contribution in [3.63, 3.8) is 0 Å². The number of aliphatic imine (C=N–C) groups is 1. The molecule has 0 aromatic heterocycles. The Morgan fingerprint density at radius 3 is 2.41 bits per heavy atom. The fourth-order valence-electron chi connectivity index (χ4n) is 4.78. The fraction of sp³-hybridized carbons (Fsp3) is 0.375. The molecule has 1 aliphatic rings. The summed E-state index contributed by atoms with van der Waals surface area (Å²) >= 11 is 3.46. The normalized spacial score (nSPS) is 18.1. The first-order valence-electron chi connectivity index (χ1n) is 14.5. The average Bonchev–Trinajstić information content (AvgIpc) is 3.42. The highest BCUT2D eigenvalue weighted by Gasteiger charge is 2.53. The molecule has 10 nitrogen and oxygen atoms in total. The molecule has 0 saturated heterocycles. The van der Waals surface area contributed by atoms with Gasteiger partial charge in [0.1, 0.15) is 5.75 Å². The topological polar surface area (TPSA) is 130 Å². The van der Waals surface area contributed by atoms with Crippen LogP contribution >= 0.6 is 15.9 Å². The zero-order valence-corrected chi connectivity index (χ0v) is 27.3. The lowest BCUT2D eigenvalue weighted by atomic mass is 9.85. The standard InChI is InChI=1S/C32H39BrN4O6S/c1-37(2)20-6-19-34-36-31(39)32(18-23-44(40,41)28-8-4-3-5-9-28)29(24-10-14-26(33)15-11-24)43-30(35-32)25-12-16-27(17-13-25)42-22-7-21-38/h3-5,8-17,29,34,38H,6-7,18-23H2,1-2H3,(H,36,39)/t29-,32-/m0/s1. The molecule has 4 rings (SSSR count). The SMILES string of the molecule is CN(C)CCCNNC(=O)[C@@]1(CCS(=O)(=O)c2ccccc2)N=C(c2ccc(OCCCO)cc2)O[C@H]1c1ccc(Br)cc1. The van der Waals surface area contributed by atoms with Crippen molar-refractivity contribution in [2.75, 3.05) is 46.2 Å². The van der Waals surface area contributed by atoms with Crippen LogP contribution < -0.4 is 15.6 Å². The zero-order chi connectivity index (χ0) is 31.6. The van der Waals surface area contributed by atoms with E-state index in [1.165, 1.54) is 0 Å². The van der Waals surface area contributed by atoms with Gasteiger partial charge in [0.15, 0.2) is 21.5 Å². The van der Waals surface area contributed by atoms with Crippen molar-refractivity contribution in [1.82, 2.24) is 15.8 Å². The van der Waals surface area contributed by atoms with Gasteiger partial charge in [0.2, 0.25) is 5.90 Å². The lowest BCUT2D eigenvalue weighted by Crippen LogP contribution is -2.53. The molecule has 0 fully saturated rings. The molecular formula is C32H39BrN4O6S. The van der Waals surface area contributed by atoms with Crippen LogP contribution in [-0.2, 0) is 19.4 Å². The second-order valence-corrected chi connectivity index (χ2v) is 13.8. The van der Waals surface area contributed by atoms with Gasteiger partial charge >= 0.3 is 0 Å². The van der Waals surface area contributed by atoms with Gasteiger partial charge in [0, 0.05) is 36.0 Å². The van der Waals surface area contributed by atoms with E-state index in [0.717, 1.165) is 17.4 Å². The van der Waals surface area contributed by atoms with Gasteiger partial charge in [0.05, 0.1) is 17.3 Å². The number of benzene rings is 3. The summed E-state index contributed by atoms with van der Waals surface area (Å²) in [6.07, 6.45) is 0.276. The monoisotopic (exact) mass is 686 g/mol. The number of halogens is 1. The summed E-state index contributed by atoms with van der Waals surface area (Å²) in [6, 6.07) is 22.6. The molecule has 236 valence electrons. The molecule has 1 amide bonds. The van der Waals surface area contributed by atoms with Gasteiger partial charge in [-0.15, -0.1) is 0 Å². The number of rotatable bonds is 16. The molecule has 0 spiro atoms. The summed E-state index contributed by atoms with van der Waals surface area (Å²) in [6.45, 7) is 1.75. The summed E-state index contributed by atoms with van der Waals surface area (Å²) < 4.78 is 39.8. The molecule has 0 radical (unpaired) electrons. The number of hydrogen-bond donors (Lipinski definition) is 3. The van der Waals surface area contributed by atoms with Crippen LogP contribution in [0.5, 0.6) is 5.75 Å². The first-order chi connectivity index (χ1) is 21.1. The predicted octanol–water partition coefficient (Wildman–Crippen LogP) is 3.90. The highest BCUT2D eigenvalue weighted by Crippen LogP contribution is 2.43. The largest absolute Gasteiger partial charge is 0.494 e. The van der Waals surface area contributed by atoms with Crippen LogP contribution in [0.2, 0.25) is 0 Å². The van der Waals surface area contributed by atoms with E-state index in [0.29, 0.717) is 36.4 Å². The van der Waals surface area contributed by atoms with Gasteiger partial charge in [-0.1, -0.05) is 46.3 Å². The van der Waals surface area contributed by atoms with Gasteiger partial charge in [0.25, 0.3) is 5.91 Å². The van der Waals surface area contributed by atoms with E-state index in [1.54, 1.807) is 54.6 Å². The Balaban J connectivity index is 1.70. The molecule has 0 unspecified atom stereocenters. The summed E-state index contributed by atoms with van der Waals surface area (Å²) in [7, 11) is 0.209. The second kappa shape index (κ2) is 15.6. The number of aliphatic hydroxyl groups excluding tert-OH is 1. The quantitative estimate of drug-likeness (QED) is 0.153. The van der Waals surface area contributed by atoms with Gasteiger partial charge in [-0.3, -0.25) is 10.2 Å². The summed E-state index contributed by atoms with van der Waals surface area (Å²) in [5.74, 6) is 0.0258.